The highest BCUT2D eigenvalue weighted by Gasteiger charge is 2.17. The van der Waals surface area contributed by atoms with Gasteiger partial charge in [-0.15, -0.1) is 11.8 Å². The summed E-state index contributed by atoms with van der Waals surface area (Å²) in [7, 11) is 0. The molecule has 3 N–H and O–H groups in total. The number of H-pyrrole nitrogens is 2. The Morgan fingerprint density at radius 3 is 2.67 bits per heavy atom. The van der Waals surface area contributed by atoms with Crippen LogP contribution < -0.4 is 11.0 Å². The van der Waals surface area contributed by atoms with Crippen LogP contribution in [-0.2, 0) is 4.79 Å². The highest BCUT2D eigenvalue weighted by atomic mass is 79.9. The van der Waals surface area contributed by atoms with Crippen molar-refractivity contribution in [2.75, 3.05) is 11.1 Å². The van der Waals surface area contributed by atoms with Gasteiger partial charge in [-0.25, -0.2) is 4.79 Å². The predicted molar refractivity (Wildman–Crippen MR) is 90.0 cm³/mol. The zero-order chi connectivity index (χ0) is 14.8. The first-order chi connectivity index (χ1) is 10.1. The maximum atomic E-state index is 12.0. The highest BCUT2D eigenvalue weighted by Crippen LogP contribution is 2.30. The minimum Gasteiger partial charge on any atom is -0.324 e. The lowest BCUT2D eigenvalue weighted by molar-refractivity contribution is -0.113. The van der Waals surface area contributed by atoms with Crippen LogP contribution >= 0.6 is 27.7 Å². The average Bonchev–Trinajstić information content (AvgIpc) is 3.05. The first kappa shape index (κ1) is 14.7. The molecular formula is C14H16BrN3O2S. The van der Waals surface area contributed by atoms with Gasteiger partial charge < -0.3 is 15.3 Å². The van der Waals surface area contributed by atoms with Crippen molar-refractivity contribution < 1.29 is 4.79 Å². The Kier molecular flexibility index (Phi) is 4.40. The molecule has 5 nitrogen and oxygen atoms in total. The number of nitrogens with one attached hydrogen (secondary N) is 3. The first-order valence-corrected chi connectivity index (χ1v) is 8.79. The maximum absolute atomic E-state index is 12.0. The van der Waals surface area contributed by atoms with Crippen molar-refractivity contribution in [3.8, 4) is 0 Å². The number of carbonyl (C=O) groups excluding carboxylic acids is 1. The summed E-state index contributed by atoms with van der Waals surface area (Å²) in [5, 5.41) is 3.52. The number of imidazole rings is 1. The van der Waals surface area contributed by atoms with Gasteiger partial charge in [-0.3, -0.25) is 4.79 Å². The summed E-state index contributed by atoms with van der Waals surface area (Å²) < 4.78 is 0.754. The molecule has 1 heterocycles. The molecule has 1 aromatic heterocycles. The Morgan fingerprint density at radius 2 is 1.95 bits per heavy atom. The van der Waals surface area contributed by atoms with E-state index in [4.69, 9.17) is 0 Å². The van der Waals surface area contributed by atoms with Crippen molar-refractivity contribution in [3.63, 3.8) is 0 Å². The predicted octanol–water partition coefficient (Wildman–Crippen LogP) is 3.23. The van der Waals surface area contributed by atoms with Gasteiger partial charge in [0.2, 0.25) is 5.91 Å². The zero-order valence-corrected chi connectivity index (χ0v) is 13.8. The fourth-order valence-electron chi connectivity index (χ4n) is 2.59. The molecule has 0 unspecified atom stereocenters. The van der Waals surface area contributed by atoms with Crippen molar-refractivity contribution in [1.29, 1.82) is 0 Å². The minimum atomic E-state index is -0.253. The van der Waals surface area contributed by atoms with E-state index < -0.39 is 0 Å². The van der Waals surface area contributed by atoms with E-state index in [1.54, 1.807) is 23.9 Å². The van der Waals surface area contributed by atoms with Crippen LogP contribution in [0.5, 0.6) is 0 Å². The third kappa shape index (κ3) is 3.52. The topological polar surface area (TPSA) is 77.8 Å². The molecule has 0 saturated heterocycles. The monoisotopic (exact) mass is 369 g/mol. The number of amides is 1. The molecule has 1 aliphatic rings. The fraction of sp³-hybridized carbons (Fsp3) is 0.429. The van der Waals surface area contributed by atoms with Gasteiger partial charge >= 0.3 is 5.69 Å². The molecule has 0 aliphatic heterocycles. The van der Waals surface area contributed by atoms with Crippen LogP contribution in [-0.4, -0.2) is 26.9 Å². The molecule has 1 amide bonds. The second-order valence-corrected chi connectivity index (χ2v) is 7.37. The number of rotatable bonds is 4. The lowest BCUT2D eigenvalue weighted by Gasteiger charge is -2.10. The fourth-order valence-corrected chi connectivity index (χ4v) is 4.16. The summed E-state index contributed by atoms with van der Waals surface area (Å²) in [4.78, 5) is 28.7. The summed E-state index contributed by atoms with van der Waals surface area (Å²) in [5.74, 6) is 0.462. The van der Waals surface area contributed by atoms with Crippen LogP contribution in [0.2, 0.25) is 0 Å². The number of halogens is 1. The molecule has 1 aromatic carbocycles. The normalized spacial score (nSPS) is 15.7. The molecule has 0 bridgehead atoms. The molecule has 1 aliphatic carbocycles. The summed E-state index contributed by atoms with van der Waals surface area (Å²) in [5.41, 5.74) is 1.82. The molecule has 0 atom stereocenters. The number of aromatic nitrogens is 2. The first-order valence-electron chi connectivity index (χ1n) is 6.95. The van der Waals surface area contributed by atoms with E-state index in [9.17, 15) is 9.59 Å². The SMILES string of the molecule is O=C(CSC1CCCC1)Nc1cc2[nH]c(=O)[nH]c2cc1Br. The molecule has 3 rings (SSSR count). The van der Waals surface area contributed by atoms with Crippen molar-refractivity contribution in [3.05, 3.63) is 27.1 Å². The van der Waals surface area contributed by atoms with Crippen LogP contribution in [0.1, 0.15) is 25.7 Å². The van der Waals surface area contributed by atoms with Gasteiger partial charge in [0.15, 0.2) is 0 Å². The van der Waals surface area contributed by atoms with Gasteiger partial charge in [0.25, 0.3) is 0 Å². The zero-order valence-electron chi connectivity index (χ0n) is 11.4. The number of carbonyl (C=O) groups is 1. The summed E-state index contributed by atoms with van der Waals surface area (Å²) in [6.45, 7) is 0. The number of fused-ring (bicyclic) bond motifs is 1. The van der Waals surface area contributed by atoms with Gasteiger partial charge in [-0.1, -0.05) is 12.8 Å². The molecule has 112 valence electrons. The Hall–Kier alpha value is -1.21. The van der Waals surface area contributed by atoms with E-state index in [0.717, 1.165) is 4.47 Å². The van der Waals surface area contributed by atoms with E-state index in [1.165, 1.54) is 25.7 Å². The van der Waals surface area contributed by atoms with E-state index >= 15 is 0 Å². The van der Waals surface area contributed by atoms with E-state index in [0.29, 0.717) is 27.7 Å². The van der Waals surface area contributed by atoms with Crippen LogP contribution in [0.15, 0.2) is 21.4 Å². The van der Waals surface area contributed by atoms with Gasteiger partial charge in [0, 0.05) is 9.72 Å². The molecule has 0 radical (unpaired) electrons. The molecule has 1 fully saturated rings. The van der Waals surface area contributed by atoms with Gasteiger partial charge in [0.05, 0.1) is 22.5 Å². The van der Waals surface area contributed by atoms with E-state index in [2.05, 4.69) is 31.2 Å². The summed E-state index contributed by atoms with van der Waals surface area (Å²) in [6, 6.07) is 3.54. The van der Waals surface area contributed by atoms with Crippen LogP contribution in [0.25, 0.3) is 11.0 Å². The van der Waals surface area contributed by atoms with E-state index in [1.807, 2.05) is 0 Å². The van der Waals surface area contributed by atoms with Gasteiger partial charge in [0.1, 0.15) is 0 Å². The average molecular weight is 370 g/mol. The number of benzene rings is 1. The Morgan fingerprint density at radius 1 is 1.29 bits per heavy atom. The number of anilines is 1. The van der Waals surface area contributed by atoms with Crippen molar-refractivity contribution in [1.82, 2.24) is 9.97 Å². The minimum absolute atomic E-state index is 0.00941. The highest BCUT2D eigenvalue weighted by molar-refractivity contribution is 9.10. The number of aromatic amines is 2. The quantitative estimate of drug-likeness (QED) is 0.773. The molecular weight excluding hydrogens is 354 g/mol. The van der Waals surface area contributed by atoms with Gasteiger partial charge in [-0.05, 0) is 40.9 Å². The Balaban J connectivity index is 1.67. The maximum Gasteiger partial charge on any atom is 0.323 e. The number of thioether (sulfide) groups is 1. The molecule has 21 heavy (non-hydrogen) atoms. The van der Waals surface area contributed by atoms with Crippen molar-refractivity contribution >= 4 is 50.3 Å². The van der Waals surface area contributed by atoms with Crippen LogP contribution in [0.3, 0.4) is 0 Å². The third-order valence-corrected chi connectivity index (χ3v) is 5.66. The van der Waals surface area contributed by atoms with Crippen molar-refractivity contribution in [2.45, 2.75) is 30.9 Å². The number of hydrogen-bond donors (Lipinski definition) is 3. The summed E-state index contributed by atoms with van der Waals surface area (Å²) in [6.07, 6.45) is 5.00. The Labute approximate surface area is 134 Å². The standard InChI is InChI=1S/C14H16BrN3O2S/c15-9-5-11-12(18-14(20)17-11)6-10(9)16-13(19)7-21-8-3-1-2-4-8/h5-6,8H,1-4,7H2,(H,16,19)(H2,17,18,20). The number of hydrogen-bond acceptors (Lipinski definition) is 3. The van der Waals surface area contributed by atoms with E-state index in [-0.39, 0.29) is 11.6 Å². The molecule has 1 saturated carbocycles. The second-order valence-electron chi connectivity index (χ2n) is 5.22. The Bertz CT molecular complexity index is 719. The van der Waals surface area contributed by atoms with Gasteiger partial charge in [-0.2, -0.15) is 0 Å². The third-order valence-electron chi connectivity index (χ3n) is 3.63. The second kappa shape index (κ2) is 6.27. The van der Waals surface area contributed by atoms with Crippen LogP contribution in [0.4, 0.5) is 5.69 Å². The van der Waals surface area contributed by atoms with Crippen LogP contribution in [0, 0.1) is 0 Å². The molecule has 2 aromatic rings. The molecule has 0 spiro atoms. The van der Waals surface area contributed by atoms with Crippen molar-refractivity contribution in [2.24, 2.45) is 0 Å². The lowest BCUT2D eigenvalue weighted by Crippen LogP contribution is -2.16. The summed E-state index contributed by atoms with van der Waals surface area (Å²) >= 11 is 5.15. The molecule has 7 heteroatoms. The lowest BCUT2D eigenvalue weighted by atomic mass is 10.3. The smallest absolute Gasteiger partial charge is 0.323 e. The largest absolute Gasteiger partial charge is 0.324 e.